The Morgan fingerprint density at radius 2 is 1.97 bits per heavy atom. The fourth-order valence-electron chi connectivity index (χ4n) is 3.90. The third-order valence-corrected chi connectivity index (χ3v) is 5.80. The summed E-state index contributed by atoms with van der Waals surface area (Å²) < 4.78 is 17.4. The van der Waals surface area contributed by atoms with Crippen molar-refractivity contribution in [2.45, 2.75) is 51.4 Å². The van der Waals surface area contributed by atoms with E-state index < -0.39 is 5.97 Å². The van der Waals surface area contributed by atoms with Crippen molar-refractivity contribution in [3.8, 4) is 11.5 Å². The molecule has 1 aliphatic heterocycles. The van der Waals surface area contributed by atoms with Crippen LogP contribution in [-0.2, 0) is 22.5 Å². The number of fused-ring (bicyclic) bond motifs is 1. The Bertz CT molecular complexity index is 932. The van der Waals surface area contributed by atoms with Crippen LogP contribution in [0.3, 0.4) is 0 Å². The number of aromatic hydroxyl groups is 1. The molecule has 3 atom stereocenters. The van der Waals surface area contributed by atoms with Crippen molar-refractivity contribution in [3.05, 3.63) is 84.0 Å². The van der Waals surface area contributed by atoms with E-state index in [2.05, 4.69) is 19.6 Å². The summed E-state index contributed by atoms with van der Waals surface area (Å²) in [6.45, 7) is 6.43. The normalized spacial score (nSPS) is 22.6. The van der Waals surface area contributed by atoms with Crippen LogP contribution in [0, 0.1) is 5.92 Å². The number of rotatable bonds is 6. The molecule has 0 unspecified atom stereocenters. The van der Waals surface area contributed by atoms with E-state index in [-0.39, 0.29) is 29.4 Å². The Morgan fingerprint density at radius 3 is 2.69 bits per heavy atom. The van der Waals surface area contributed by atoms with E-state index in [9.17, 15) is 9.90 Å². The fourth-order valence-corrected chi connectivity index (χ4v) is 3.90. The van der Waals surface area contributed by atoms with Crippen molar-refractivity contribution in [1.82, 2.24) is 0 Å². The van der Waals surface area contributed by atoms with Crippen molar-refractivity contribution in [2.75, 3.05) is 7.11 Å². The molecule has 5 nitrogen and oxygen atoms in total. The minimum absolute atomic E-state index is 0.0593. The van der Waals surface area contributed by atoms with Gasteiger partial charge in [0.05, 0.1) is 19.8 Å². The minimum atomic E-state index is -0.513. The number of carbonyl (C=O) groups is 1. The Kier molecular flexibility index (Phi) is 8.51. The summed E-state index contributed by atoms with van der Waals surface area (Å²) in [7, 11) is 1.64. The van der Waals surface area contributed by atoms with Crippen LogP contribution < -0.4 is 4.74 Å². The summed E-state index contributed by atoms with van der Waals surface area (Å²) in [5, 5.41) is 10.3. The van der Waals surface area contributed by atoms with Crippen LogP contribution in [-0.4, -0.2) is 30.4 Å². The van der Waals surface area contributed by atoms with E-state index in [1.165, 1.54) is 6.07 Å². The van der Waals surface area contributed by atoms with Crippen LogP contribution in [0.5, 0.6) is 11.5 Å². The summed E-state index contributed by atoms with van der Waals surface area (Å²) in [5.41, 5.74) is 2.04. The highest BCUT2D eigenvalue weighted by Gasteiger charge is 2.27. The molecule has 0 radical (unpaired) electrons. The van der Waals surface area contributed by atoms with Crippen LogP contribution >= 0.6 is 0 Å². The van der Waals surface area contributed by atoms with Gasteiger partial charge in [-0.15, -0.1) is 6.58 Å². The number of hydrogen-bond donors (Lipinski definition) is 1. The topological polar surface area (TPSA) is 65.0 Å². The lowest BCUT2D eigenvalue weighted by Crippen LogP contribution is -2.30. The number of esters is 1. The summed E-state index contributed by atoms with van der Waals surface area (Å²) in [4.78, 5) is 13.0. The van der Waals surface area contributed by atoms with E-state index in [4.69, 9.17) is 14.2 Å². The van der Waals surface area contributed by atoms with Crippen LogP contribution in [0.4, 0.5) is 0 Å². The summed E-state index contributed by atoms with van der Waals surface area (Å²) in [6.07, 6.45) is 7.86. The largest absolute Gasteiger partial charge is 0.507 e. The van der Waals surface area contributed by atoms with E-state index in [1.54, 1.807) is 19.3 Å². The zero-order valence-electron chi connectivity index (χ0n) is 18.8. The maximum Gasteiger partial charge on any atom is 0.342 e. The Balaban J connectivity index is 1.80. The molecule has 0 fully saturated rings. The molecular weight excluding hydrogens is 404 g/mol. The van der Waals surface area contributed by atoms with Gasteiger partial charge in [0.15, 0.2) is 0 Å². The third kappa shape index (κ3) is 6.24. The van der Waals surface area contributed by atoms with Crippen molar-refractivity contribution >= 4 is 5.97 Å². The van der Waals surface area contributed by atoms with Gasteiger partial charge in [0.25, 0.3) is 0 Å². The van der Waals surface area contributed by atoms with Crippen molar-refractivity contribution in [2.24, 2.45) is 5.92 Å². The van der Waals surface area contributed by atoms with Crippen molar-refractivity contribution in [1.29, 1.82) is 0 Å². The van der Waals surface area contributed by atoms with E-state index in [0.29, 0.717) is 25.9 Å². The van der Waals surface area contributed by atoms with Crippen LogP contribution in [0.1, 0.15) is 47.7 Å². The SMILES string of the molecule is C=CC[C@H]1C[C@@H](OCc2ccc(OC)cc2)[C@@H](C)C/C=C/Cc2cccc(O)c2C(=O)O1. The highest BCUT2D eigenvalue weighted by Crippen LogP contribution is 2.28. The highest BCUT2D eigenvalue weighted by atomic mass is 16.5. The first-order valence-electron chi connectivity index (χ1n) is 11.0. The van der Waals surface area contributed by atoms with E-state index >= 15 is 0 Å². The molecule has 32 heavy (non-hydrogen) atoms. The number of allylic oxidation sites excluding steroid dienone is 2. The van der Waals surface area contributed by atoms with Gasteiger partial charge in [-0.2, -0.15) is 0 Å². The third-order valence-electron chi connectivity index (χ3n) is 5.80. The molecule has 2 aromatic carbocycles. The standard InChI is InChI=1S/C27H32O5/c1-4-8-23-17-25(31-18-20-13-15-22(30-3)16-14-20)19(2)9-5-6-10-21-11-7-12-24(28)26(21)27(29)32-23/h4-7,11-16,19,23,25,28H,1,8-10,17-18H2,2-3H3/b6-5+/t19-,23-,25+/m0/s1. The molecular formula is C27H32O5. The molecule has 170 valence electrons. The van der Waals surface area contributed by atoms with Gasteiger partial charge in [-0.25, -0.2) is 4.79 Å². The summed E-state index contributed by atoms with van der Waals surface area (Å²) in [6, 6.07) is 12.9. The minimum Gasteiger partial charge on any atom is -0.507 e. The second kappa shape index (κ2) is 11.5. The van der Waals surface area contributed by atoms with Gasteiger partial charge in [-0.3, -0.25) is 0 Å². The second-order valence-corrected chi connectivity index (χ2v) is 8.18. The van der Waals surface area contributed by atoms with Crippen LogP contribution in [0.15, 0.2) is 67.3 Å². The first-order chi connectivity index (χ1) is 15.5. The van der Waals surface area contributed by atoms with Crippen molar-refractivity contribution in [3.63, 3.8) is 0 Å². The maximum atomic E-state index is 13.0. The van der Waals surface area contributed by atoms with Gasteiger partial charge in [-0.1, -0.05) is 49.4 Å². The molecule has 0 aliphatic carbocycles. The number of phenols is 1. The molecule has 0 spiro atoms. The predicted molar refractivity (Wildman–Crippen MR) is 125 cm³/mol. The molecule has 1 N–H and O–H groups in total. The van der Waals surface area contributed by atoms with E-state index in [1.807, 2.05) is 36.4 Å². The number of cyclic esters (lactones) is 1. The number of phenolic OH excluding ortho intramolecular Hbond substituents is 1. The first kappa shape index (κ1) is 23.6. The molecule has 1 aliphatic rings. The quantitative estimate of drug-likeness (QED) is 0.471. The molecule has 5 heteroatoms. The van der Waals surface area contributed by atoms with Crippen LogP contribution in [0.25, 0.3) is 0 Å². The van der Waals surface area contributed by atoms with Gasteiger partial charge in [0, 0.05) is 12.8 Å². The predicted octanol–water partition coefficient (Wildman–Crippen LogP) is 5.62. The van der Waals surface area contributed by atoms with Gasteiger partial charge in [0.1, 0.15) is 23.2 Å². The molecule has 0 amide bonds. The Hall–Kier alpha value is -3.05. The lowest BCUT2D eigenvalue weighted by Gasteiger charge is -2.28. The van der Waals surface area contributed by atoms with Gasteiger partial charge < -0.3 is 19.3 Å². The Morgan fingerprint density at radius 1 is 1.19 bits per heavy atom. The molecule has 0 aromatic heterocycles. The number of ether oxygens (including phenoxy) is 3. The second-order valence-electron chi connectivity index (χ2n) is 8.18. The molecule has 0 bridgehead atoms. The average Bonchev–Trinajstić information content (AvgIpc) is 2.79. The summed E-state index contributed by atoms with van der Waals surface area (Å²) >= 11 is 0. The number of hydrogen-bond acceptors (Lipinski definition) is 5. The highest BCUT2D eigenvalue weighted by molar-refractivity contribution is 5.94. The fraction of sp³-hybridized carbons (Fsp3) is 0.370. The van der Waals surface area contributed by atoms with Crippen LogP contribution in [0.2, 0.25) is 0 Å². The summed E-state index contributed by atoms with van der Waals surface area (Å²) in [5.74, 6) is 0.467. The van der Waals surface area contributed by atoms with Gasteiger partial charge in [0.2, 0.25) is 0 Å². The van der Waals surface area contributed by atoms with Gasteiger partial charge >= 0.3 is 5.97 Å². The molecule has 0 saturated heterocycles. The average molecular weight is 437 g/mol. The van der Waals surface area contributed by atoms with E-state index in [0.717, 1.165) is 23.3 Å². The lowest BCUT2D eigenvalue weighted by atomic mass is 9.93. The Labute approximate surface area is 190 Å². The zero-order valence-corrected chi connectivity index (χ0v) is 18.8. The van der Waals surface area contributed by atoms with Gasteiger partial charge in [-0.05, 0) is 48.1 Å². The zero-order chi connectivity index (χ0) is 22.9. The number of benzene rings is 2. The first-order valence-corrected chi connectivity index (χ1v) is 11.0. The molecule has 2 aromatic rings. The lowest BCUT2D eigenvalue weighted by molar-refractivity contribution is -0.0337. The molecule has 3 rings (SSSR count). The number of methoxy groups -OCH3 is 1. The smallest absolute Gasteiger partial charge is 0.342 e. The monoisotopic (exact) mass is 436 g/mol. The molecule has 1 heterocycles. The molecule has 0 saturated carbocycles. The van der Waals surface area contributed by atoms with Crippen molar-refractivity contribution < 1.29 is 24.1 Å². The maximum absolute atomic E-state index is 13.0. The number of carbonyl (C=O) groups excluding carboxylic acids is 1.